The zero-order chi connectivity index (χ0) is 8.39. The molecule has 0 amide bonds. The van der Waals surface area contributed by atoms with Crippen molar-refractivity contribution in [2.75, 3.05) is 19.7 Å². The molecule has 1 N–H and O–H groups in total. The fraction of sp³-hybridized carbons (Fsp3) is 0.800. The van der Waals surface area contributed by atoms with Gasteiger partial charge in [0.05, 0.1) is 6.61 Å². The van der Waals surface area contributed by atoms with Crippen molar-refractivity contribution in [2.45, 2.75) is 31.7 Å². The van der Waals surface area contributed by atoms with Crippen molar-refractivity contribution in [1.29, 1.82) is 0 Å². The smallest absolute Gasteiger partial charge is 0.0642 e. The molecule has 1 saturated heterocycles. The molecule has 12 heavy (non-hydrogen) atoms. The summed E-state index contributed by atoms with van der Waals surface area (Å²) < 4.78 is 0. The molecule has 2 aliphatic rings. The van der Waals surface area contributed by atoms with E-state index < -0.39 is 0 Å². The van der Waals surface area contributed by atoms with E-state index in [0.717, 1.165) is 13.0 Å². The van der Waals surface area contributed by atoms with Gasteiger partial charge in [-0.3, -0.25) is 4.90 Å². The lowest BCUT2D eigenvalue weighted by molar-refractivity contribution is 0.166. The fourth-order valence-corrected chi connectivity index (χ4v) is 2.26. The van der Waals surface area contributed by atoms with Crippen LogP contribution >= 0.6 is 0 Å². The number of rotatable bonds is 1. The minimum absolute atomic E-state index is 0.268. The summed E-state index contributed by atoms with van der Waals surface area (Å²) in [5.41, 5.74) is 1.25. The van der Waals surface area contributed by atoms with Gasteiger partial charge in [-0.25, -0.2) is 0 Å². The van der Waals surface area contributed by atoms with Crippen molar-refractivity contribution < 1.29 is 5.11 Å². The summed E-state index contributed by atoms with van der Waals surface area (Å²) in [6.45, 7) is 2.70. The Morgan fingerprint density at radius 2 is 2.33 bits per heavy atom. The Kier molecular flexibility index (Phi) is 2.47. The van der Waals surface area contributed by atoms with Crippen molar-refractivity contribution in [3.63, 3.8) is 0 Å². The Bertz CT molecular complexity index is 188. The van der Waals surface area contributed by atoms with Crippen molar-refractivity contribution in [1.82, 2.24) is 4.90 Å². The molecule has 0 radical (unpaired) electrons. The van der Waals surface area contributed by atoms with Crippen molar-refractivity contribution in [3.8, 4) is 0 Å². The maximum Gasteiger partial charge on any atom is 0.0642 e. The lowest BCUT2D eigenvalue weighted by atomic mass is 9.95. The number of hydrogen-bond acceptors (Lipinski definition) is 2. The quantitative estimate of drug-likeness (QED) is 0.592. The molecule has 2 aliphatic heterocycles. The van der Waals surface area contributed by atoms with Crippen molar-refractivity contribution in [2.24, 2.45) is 0 Å². The van der Waals surface area contributed by atoms with E-state index in [9.17, 15) is 0 Å². The van der Waals surface area contributed by atoms with Gasteiger partial charge in [-0.05, 0) is 31.4 Å². The minimum Gasteiger partial charge on any atom is -0.392 e. The van der Waals surface area contributed by atoms with Gasteiger partial charge in [-0.1, -0.05) is 12.5 Å². The maximum absolute atomic E-state index is 8.99. The fourth-order valence-electron chi connectivity index (χ4n) is 2.26. The van der Waals surface area contributed by atoms with Crippen LogP contribution in [0.3, 0.4) is 0 Å². The van der Waals surface area contributed by atoms with Crippen LogP contribution in [0.5, 0.6) is 0 Å². The summed E-state index contributed by atoms with van der Waals surface area (Å²) in [7, 11) is 0. The molecule has 0 spiro atoms. The number of piperidine rings is 1. The SMILES string of the molecule is OCC1=C[C@H]2CCCCN2CC1. The molecule has 1 fully saturated rings. The van der Waals surface area contributed by atoms with E-state index in [4.69, 9.17) is 5.11 Å². The number of nitrogens with zero attached hydrogens (tertiary/aromatic N) is 1. The Morgan fingerprint density at radius 3 is 3.17 bits per heavy atom. The van der Waals surface area contributed by atoms with Crippen LogP contribution in [0, 0.1) is 0 Å². The number of aliphatic hydroxyl groups excluding tert-OH is 1. The first-order valence-corrected chi connectivity index (χ1v) is 4.94. The molecule has 0 aliphatic carbocycles. The summed E-state index contributed by atoms with van der Waals surface area (Å²) in [5.74, 6) is 0. The molecule has 2 rings (SSSR count). The van der Waals surface area contributed by atoms with Crippen LogP contribution in [0.2, 0.25) is 0 Å². The highest BCUT2D eigenvalue weighted by atomic mass is 16.3. The molecule has 0 bridgehead atoms. The Hall–Kier alpha value is -0.340. The van der Waals surface area contributed by atoms with Crippen LogP contribution in [0.1, 0.15) is 25.7 Å². The zero-order valence-corrected chi connectivity index (χ0v) is 7.50. The monoisotopic (exact) mass is 167 g/mol. The Morgan fingerprint density at radius 1 is 1.42 bits per heavy atom. The molecule has 0 unspecified atom stereocenters. The molecule has 0 aromatic heterocycles. The molecule has 2 nitrogen and oxygen atoms in total. The highest BCUT2D eigenvalue weighted by Gasteiger charge is 2.23. The normalized spacial score (nSPS) is 31.1. The minimum atomic E-state index is 0.268. The lowest BCUT2D eigenvalue weighted by Crippen LogP contribution is -2.41. The van der Waals surface area contributed by atoms with Gasteiger partial charge < -0.3 is 5.11 Å². The highest BCUT2D eigenvalue weighted by Crippen LogP contribution is 2.24. The van der Waals surface area contributed by atoms with Gasteiger partial charge in [0.15, 0.2) is 0 Å². The molecular weight excluding hydrogens is 150 g/mol. The van der Waals surface area contributed by atoms with E-state index in [0.29, 0.717) is 6.04 Å². The predicted molar refractivity (Wildman–Crippen MR) is 49.0 cm³/mol. The summed E-state index contributed by atoms with van der Waals surface area (Å²) in [6.07, 6.45) is 7.37. The number of aliphatic hydroxyl groups is 1. The molecule has 0 saturated carbocycles. The van der Waals surface area contributed by atoms with Gasteiger partial charge >= 0.3 is 0 Å². The number of hydrogen-bond donors (Lipinski definition) is 1. The van der Waals surface area contributed by atoms with E-state index in [1.807, 2.05) is 0 Å². The molecule has 2 heterocycles. The lowest BCUT2D eigenvalue weighted by Gasteiger charge is -2.37. The molecule has 0 aromatic carbocycles. The highest BCUT2D eigenvalue weighted by molar-refractivity contribution is 5.12. The Balaban J connectivity index is 2.04. The summed E-state index contributed by atoms with van der Waals surface area (Å²) >= 11 is 0. The predicted octanol–water partition coefficient (Wildman–Crippen LogP) is 1.16. The van der Waals surface area contributed by atoms with Crippen LogP contribution in [-0.2, 0) is 0 Å². The molecular formula is C10H17NO. The third-order valence-corrected chi connectivity index (χ3v) is 3.02. The first-order chi connectivity index (χ1) is 5.90. The van der Waals surface area contributed by atoms with Crippen molar-refractivity contribution in [3.05, 3.63) is 11.6 Å². The second-order valence-electron chi connectivity index (χ2n) is 3.83. The number of fused-ring (bicyclic) bond motifs is 1. The average molecular weight is 167 g/mol. The van der Waals surface area contributed by atoms with Crippen LogP contribution in [0.15, 0.2) is 11.6 Å². The topological polar surface area (TPSA) is 23.5 Å². The van der Waals surface area contributed by atoms with Crippen LogP contribution < -0.4 is 0 Å². The molecule has 0 aromatic rings. The van der Waals surface area contributed by atoms with Crippen LogP contribution in [0.25, 0.3) is 0 Å². The second kappa shape index (κ2) is 3.58. The van der Waals surface area contributed by atoms with Gasteiger partial charge in [-0.15, -0.1) is 0 Å². The molecule has 2 heteroatoms. The van der Waals surface area contributed by atoms with E-state index in [1.165, 1.54) is 31.4 Å². The second-order valence-corrected chi connectivity index (χ2v) is 3.83. The largest absolute Gasteiger partial charge is 0.392 e. The van der Waals surface area contributed by atoms with Crippen LogP contribution in [0.4, 0.5) is 0 Å². The maximum atomic E-state index is 8.99. The zero-order valence-electron chi connectivity index (χ0n) is 7.50. The summed E-state index contributed by atoms with van der Waals surface area (Å²) in [6, 6.07) is 0.648. The van der Waals surface area contributed by atoms with Gasteiger partial charge in [0.1, 0.15) is 0 Å². The van der Waals surface area contributed by atoms with E-state index in [1.54, 1.807) is 0 Å². The summed E-state index contributed by atoms with van der Waals surface area (Å²) in [4.78, 5) is 2.54. The van der Waals surface area contributed by atoms with E-state index in [2.05, 4.69) is 11.0 Å². The van der Waals surface area contributed by atoms with Crippen LogP contribution in [-0.4, -0.2) is 35.7 Å². The average Bonchev–Trinajstić information content (AvgIpc) is 2.17. The van der Waals surface area contributed by atoms with E-state index >= 15 is 0 Å². The van der Waals surface area contributed by atoms with Gasteiger partial charge in [0, 0.05) is 12.6 Å². The summed E-state index contributed by atoms with van der Waals surface area (Å²) in [5, 5.41) is 8.99. The van der Waals surface area contributed by atoms with Crippen molar-refractivity contribution >= 4 is 0 Å². The van der Waals surface area contributed by atoms with Gasteiger partial charge in [-0.2, -0.15) is 0 Å². The Labute approximate surface area is 73.9 Å². The van der Waals surface area contributed by atoms with E-state index in [-0.39, 0.29) is 6.61 Å². The third-order valence-electron chi connectivity index (χ3n) is 3.02. The standard InChI is InChI=1S/C10H17NO/c12-8-9-4-6-11-5-2-1-3-10(11)7-9/h7,10,12H,1-6,8H2/t10-/m1/s1. The first-order valence-electron chi connectivity index (χ1n) is 4.94. The molecule has 1 atom stereocenters. The van der Waals surface area contributed by atoms with Gasteiger partial charge in [0.2, 0.25) is 0 Å². The third kappa shape index (κ3) is 1.54. The van der Waals surface area contributed by atoms with Gasteiger partial charge in [0.25, 0.3) is 0 Å². The molecule has 68 valence electrons. The first kappa shape index (κ1) is 8.27.